The SMILES string of the molecule is NC1CCN2c3c(F)cc4c(=O)c(C(=O)O)cn(C5CC5)c4c3SCC12. The summed E-state index contributed by atoms with van der Waals surface area (Å²) in [6, 6.07) is 1.50. The number of hydrogen-bond donors (Lipinski definition) is 2. The lowest BCUT2D eigenvalue weighted by atomic mass is 10.1. The Balaban J connectivity index is 1.85. The van der Waals surface area contributed by atoms with E-state index in [0.29, 0.717) is 17.7 Å². The molecule has 1 aromatic carbocycles. The quantitative estimate of drug-likeness (QED) is 0.837. The number of benzene rings is 1. The van der Waals surface area contributed by atoms with Gasteiger partial charge in [0.05, 0.1) is 27.5 Å². The lowest BCUT2D eigenvalue weighted by Gasteiger charge is -2.35. The summed E-state index contributed by atoms with van der Waals surface area (Å²) in [7, 11) is 0. The zero-order valence-electron chi connectivity index (χ0n) is 13.9. The molecule has 26 heavy (non-hydrogen) atoms. The van der Waals surface area contributed by atoms with Crippen molar-refractivity contribution in [3.63, 3.8) is 0 Å². The number of aromatic carboxylic acids is 1. The van der Waals surface area contributed by atoms with E-state index in [9.17, 15) is 14.7 Å². The summed E-state index contributed by atoms with van der Waals surface area (Å²) in [6.45, 7) is 0.697. The van der Waals surface area contributed by atoms with Gasteiger partial charge in [0.1, 0.15) is 11.4 Å². The van der Waals surface area contributed by atoms with E-state index < -0.39 is 17.2 Å². The number of rotatable bonds is 2. The standard InChI is InChI=1S/C18H18FN3O3S/c19-11-5-9-14(17-15(11)21-4-3-12(20)13(21)7-26-17)22(8-1-2-8)6-10(16(9)23)18(24)25/h5-6,8,12-13H,1-4,7,20H2,(H,24,25). The van der Waals surface area contributed by atoms with Crippen molar-refractivity contribution in [2.75, 3.05) is 17.2 Å². The summed E-state index contributed by atoms with van der Waals surface area (Å²) in [5.41, 5.74) is 6.44. The molecule has 3 aliphatic rings. The highest BCUT2D eigenvalue weighted by atomic mass is 32.2. The van der Waals surface area contributed by atoms with Crippen LogP contribution in [0.3, 0.4) is 0 Å². The van der Waals surface area contributed by atoms with Crippen LogP contribution in [0.15, 0.2) is 22.0 Å². The van der Waals surface area contributed by atoms with Crippen molar-refractivity contribution in [3.8, 4) is 0 Å². The molecule has 0 bridgehead atoms. The predicted molar refractivity (Wildman–Crippen MR) is 97.8 cm³/mol. The maximum atomic E-state index is 15.0. The van der Waals surface area contributed by atoms with E-state index in [0.717, 1.165) is 29.9 Å². The van der Waals surface area contributed by atoms with Crippen molar-refractivity contribution < 1.29 is 14.3 Å². The summed E-state index contributed by atoms with van der Waals surface area (Å²) in [4.78, 5) is 26.9. The van der Waals surface area contributed by atoms with Crippen LogP contribution in [0.1, 0.15) is 35.7 Å². The molecule has 0 spiro atoms. The third-order valence-electron chi connectivity index (χ3n) is 5.65. The monoisotopic (exact) mass is 375 g/mol. The summed E-state index contributed by atoms with van der Waals surface area (Å²) in [5, 5.41) is 9.53. The molecule has 5 rings (SSSR count). The fraction of sp³-hybridized carbons (Fsp3) is 0.444. The lowest BCUT2D eigenvalue weighted by molar-refractivity contribution is 0.0695. The summed E-state index contributed by atoms with van der Waals surface area (Å²) < 4.78 is 16.9. The topological polar surface area (TPSA) is 88.6 Å². The fourth-order valence-corrected chi connectivity index (χ4v) is 5.65. The largest absolute Gasteiger partial charge is 0.477 e. The van der Waals surface area contributed by atoms with Gasteiger partial charge in [-0.2, -0.15) is 0 Å². The number of pyridine rings is 1. The van der Waals surface area contributed by atoms with Crippen molar-refractivity contribution in [2.24, 2.45) is 5.73 Å². The van der Waals surface area contributed by atoms with Crippen molar-refractivity contribution in [3.05, 3.63) is 33.9 Å². The number of carboxylic acid groups (broad SMARTS) is 1. The Bertz CT molecular complexity index is 1020. The van der Waals surface area contributed by atoms with E-state index >= 15 is 4.39 Å². The van der Waals surface area contributed by atoms with Gasteiger partial charge in [0.15, 0.2) is 0 Å². The predicted octanol–water partition coefficient (Wildman–Crippen LogP) is 2.19. The average molecular weight is 375 g/mol. The number of nitrogens with zero attached hydrogens (tertiary/aromatic N) is 2. The van der Waals surface area contributed by atoms with Crippen LogP contribution in [0.2, 0.25) is 0 Å². The molecular formula is C18H18FN3O3S. The third-order valence-corrected chi connectivity index (χ3v) is 6.84. The summed E-state index contributed by atoms with van der Waals surface area (Å²) >= 11 is 1.53. The Kier molecular flexibility index (Phi) is 3.39. The first-order chi connectivity index (χ1) is 12.5. The highest BCUT2D eigenvalue weighted by molar-refractivity contribution is 7.99. The van der Waals surface area contributed by atoms with E-state index in [-0.39, 0.29) is 29.1 Å². The molecule has 136 valence electrons. The molecule has 3 N–H and O–H groups in total. The van der Waals surface area contributed by atoms with Gasteiger partial charge in [0.25, 0.3) is 0 Å². The van der Waals surface area contributed by atoms with Crippen molar-refractivity contribution >= 4 is 34.3 Å². The molecule has 8 heteroatoms. The lowest BCUT2D eigenvalue weighted by Crippen LogP contribution is -2.44. The summed E-state index contributed by atoms with van der Waals surface area (Å²) in [5.74, 6) is -1.00. The van der Waals surface area contributed by atoms with Crippen LogP contribution in [-0.2, 0) is 0 Å². The maximum absolute atomic E-state index is 15.0. The molecule has 6 nitrogen and oxygen atoms in total. The molecule has 1 saturated heterocycles. The minimum absolute atomic E-state index is 0.0192. The van der Waals surface area contributed by atoms with Crippen LogP contribution in [0.25, 0.3) is 10.9 Å². The second kappa shape index (κ2) is 5.47. The van der Waals surface area contributed by atoms with Crippen molar-refractivity contribution in [1.82, 2.24) is 4.57 Å². The average Bonchev–Trinajstić information content (AvgIpc) is 3.38. The number of carboxylic acids is 1. The number of hydrogen-bond acceptors (Lipinski definition) is 5. The molecule has 0 radical (unpaired) electrons. The number of carbonyl (C=O) groups is 1. The fourth-order valence-electron chi connectivity index (χ4n) is 4.18. The van der Waals surface area contributed by atoms with Gasteiger partial charge in [-0.3, -0.25) is 4.79 Å². The Morgan fingerprint density at radius 1 is 1.35 bits per heavy atom. The molecule has 2 atom stereocenters. The van der Waals surface area contributed by atoms with Gasteiger partial charge in [-0.25, -0.2) is 9.18 Å². The first-order valence-corrected chi connectivity index (χ1v) is 9.75. The first kappa shape index (κ1) is 16.1. The molecule has 2 aromatic rings. The van der Waals surface area contributed by atoms with E-state index in [1.165, 1.54) is 24.0 Å². The normalized spacial score (nSPS) is 24.6. The van der Waals surface area contributed by atoms with Crippen molar-refractivity contribution in [1.29, 1.82) is 0 Å². The van der Waals surface area contributed by atoms with Crippen molar-refractivity contribution in [2.45, 2.75) is 42.3 Å². The van der Waals surface area contributed by atoms with E-state index in [4.69, 9.17) is 5.73 Å². The highest BCUT2D eigenvalue weighted by Gasteiger charge is 2.40. The number of aromatic nitrogens is 1. The number of thioether (sulfide) groups is 1. The van der Waals surface area contributed by atoms with Crippen LogP contribution in [0.5, 0.6) is 0 Å². The number of halogens is 1. The van der Waals surface area contributed by atoms with E-state index in [2.05, 4.69) is 0 Å². The van der Waals surface area contributed by atoms with Crippen LogP contribution < -0.4 is 16.1 Å². The van der Waals surface area contributed by atoms with Crippen LogP contribution >= 0.6 is 11.8 Å². The van der Waals surface area contributed by atoms with E-state index in [1.807, 2.05) is 9.47 Å². The second-order valence-electron chi connectivity index (χ2n) is 7.27. The molecule has 0 amide bonds. The zero-order chi connectivity index (χ0) is 18.2. The zero-order valence-corrected chi connectivity index (χ0v) is 14.8. The maximum Gasteiger partial charge on any atom is 0.341 e. The van der Waals surface area contributed by atoms with E-state index in [1.54, 1.807) is 0 Å². The highest BCUT2D eigenvalue weighted by Crippen LogP contribution is 2.48. The molecule has 1 aromatic heterocycles. The molecule has 3 heterocycles. The van der Waals surface area contributed by atoms with Gasteiger partial charge in [-0.05, 0) is 25.3 Å². The third kappa shape index (κ3) is 2.15. The number of nitrogens with two attached hydrogens (primary N) is 1. The minimum Gasteiger partial charge on any atom is -0.477 e. The first-order valence-electron chi connectivity index (χ1n) is 8.77. The van der Waals surface area contributed by atoms with Gasteiger partial charge in [0, 0.05) is 30.6 Å². The molecule has 2 unspecified atom stereocenters. The summed E-state index contributed by atoms with van der Waals surface area (Å²) in [6.07, 6.45) is 4.12. The van der Waals surface area contributed by atoms with Gasteiger partial charge >= 0.3 is 5.97 Å². The molecule has 1 saturated carbocycles. The molecule has 2 fully saturated rings. The van der Waals surface area contributed by atoms with Gasteiger partial charge in [-0.15, -0.1) is 11.8 Å². The Labute approximate surface area is 152 Å². The van der Waals surface area contributed by atoms with Crippen LogP contribution in [-0.4, -0.2) is 40.0 Å². The van der Waals surface area contributed by atoms with Gasteiger partial charge in [-0.1, -0.05) is 0 Å². The Morgan fingerprint density at radius 2 is 2.12 bits per heavy atom. The Morgan fingerprint density at radius 3 is 2.81 bits per heavy atom. The van der Waals surface area contributed by atoms with Gasteiger partial charge < -0.3 is 20.3 Å². The van der Waals surface area contributed by atoms with Crippen LogP contribution in [0.4, 0.5) is 10.1 Å². The molecule has 1 aliphatic carbocycles. The van der Waals surface area contributed by atoms with Gasteiger partial charge in [0.2, 0.25) is 5.43 Å². The smallest absolute Gasteiger partial charge is 0.341 e. The minimum atomic E-state index is -1.28. The molecular weight excluding hydrogens is 357 g/mol. The number of fused-ring (bicyclic) bond motifs is 5. The number of anilines is 1. The molecule has 2 aliphatic heterocycles. The Hall–Kier alpha value is -2.06. The van der Waals surface area contributed by atoms with Crippen LogP contribution in [0, 0.1) is 5.82 Å². The second-order valence-corrected chi connectivity index (χ2v) is 8.30.